The van der Waals surface area contributed by atoms with Gasteiger partial charge in [0, 0.05) is 17.6 Å². The second kappa shape index (κ2) is 9.36. The van der Waals surface area contributed by atoms with Crippen molar-refractivity contribution < 1.29 is 9.53 Å². The third-order valence-corrected chi connectivity index (χ3v) is 3.67. The fraction of sp³-hybridized carbons (Fsp3) is 0.500. The molecule has 1 fully saturated rings. The summed E-state index contributed by atoms with van der Waals surface area (Å²) in [6, 6.07) is 5.26. The van der Waals surface area contributed by atoms with E-state index in [1.165, 1.54) is 0 Å². The van der Waals surface area contributed by atoms with Crippen molar-refractivity contribution in [2.45, 2.75) is 25.3 Å². The van der Waals surface area contributed by atoms with Crippen LogP contribution in [-0.2, 0) is 4.79 Å². The molecule has 1 aliphatic heterocycles. The van der Waals surface area contributed by atoms with E-state index in [2.05, 4.69) is 10.6 Å². The molecule has 0 bridgehead atoms. The molecule has 1 heterocycles. The van der Waals surface area contributed by atoms with E-state index < -0.39 is 0 Å². The van der Waals surface area contributed by atoms with Crippen molar-refractivity contribution in [2.24, 2.45) is 0 Å². The SMILES string of the molecule is Cl.O=C(CCOc1ccc(Cl)cc1Cl)N[C@H]1CCCNC1. The monoisotopic (exact) mass is 352 g/mol. The van der Waals surface area contributed by atoms with Crippen molar-refractivity contribution in [3.63, 3.8) is 0 Å². The molecule has 2 N–H and O–H groups in total. The van der Waals surface area contributed by atoms with Crippen molar-refractivity contribution >= 4 is 41.5 Å². The van der Waals surface area contributed by atoms with Gasteiger partial charge in [-0.05, 0) is 37.6 Å². The van der Waals surface area contributed by atoms with Crippen LogP contribution in [0.4, 0.5) is 0 Å². The quantitative estimate of drug-likeness (QED) is 0.855. The summed E-state index contributed by atoms with van der Waals surface area (Å²) in [5.74, 6) is 0.548. The van der Waals surface area contributed by atoms with Crippen LogP contribution >= 0.6 is 35.6 Å². The van der Waals surface area contributed by atoms with Crippen LogP contribution in [-0.4, -0.2) is 31.6 Å². The van der Waals surface area contributed by atoms with Crippen LogP contribution in [0.3, 0.4) is 0 Å². The summed E-state index contributed by atoms with van der Waals surface area (Å²) in [4.78, 5) is 11.8. The number of nitrogens with one attached hydrogen (secondary N) is 2. The Labute approximate surface area is 140 Å². The van der Waals surface area contributed by atoms with Gasteiger partial charge in [0.1, 0.15) is 5.75 Å². The number of benzene rings is 1. The predicted molar refractivity (Wildman–Crippen MR) is 87.9 cm³/mol. The zero-order chi connectivity index (χ0) is 14.4. The van der Waals surface area contributed by atoms with E-state index in [0.717, 1.165) is 25.9 Å². The van der Waals surface area contributed by atoms with Crippen LogP contribution in [0.2, 0.25) is 10.0 Å². The van der Waals surface area contributed by atoms with E-state index in [-0.39, 0.29) is 24.4 Å². The topological polar surface area (TPSA) is 50.4 Å². The summed E-state index contributed by atoms with van der Waals surface area (Å²) >= 11 is 11.8. The highest BCUT2D eigenvalue weighted by atomic mass is 35.5. The normalized spacial score (nSPS) is 17.7. The number of rotatable bonds is 5. The highest BCUT2D eigenvalue weighted by molar-refractivity contribution is 6.35. The molecule has 0 unspecified atom stereocenters. The maximum atomic E-state index is 11.8. The van der Waals surface area contributed by atoms with Crippen LogP contribution in [0.15, 0.2) is 18.2 Å². The molecule has 0 spiro atoms. The molecule has 2 rings (SSSR count). The molecule has 1 atom stereocenters. The van der Waals surface area contributed by atoms with Gasteiger partial charge in [-0.2, -0.15) is 0 Å². The first-order valence-electron chi connectivity index (χ1n) is 6.73. The molecular weight excluding hydrogens is 335 g/mol. The number of amides is 1. The van der Waals surface area contributed by atoms with E-state index in [9.17, 15) is 4.79 Å². The predicted octanol–water partition coefficient (Wildman–Crippen LogP) is 3.05. The van der Waals surface area contributed by atoms with Crippen molar-refractivity contribution in [1.82, 2.24) is 10.6 Å². The lowest BCUT2D eigenvalue weighted by molar-refractivity contribution is -0.122. The van der Waals surface area contributed by atoms with Gasteiger partial charge >= 0.3 is 0 Å². The van der Waals surface area contributed by atoms with E-state index >= 15 is 0 Å². The molecule has 7 heteroatoms. The molecule has 0 radical (unpaired) electrons. The minimum Gasteiger partial charge on any atom is -0.491 e. The molecular formula is C14H19Cl3N2O2. The van der Waals surface area contributed by atoms with Crippen molar-refractivity contribution in [3.05, 3.63) is 28.2 Å². The summed E-state index contributed by atoms with van der Waals surface area (Å²) in [6.45, 7) is 2.17. The zero-order valence-corrected chi connectivity index (χ0v) is 13.9. The lowest BCUT2D eigenvalue weighted by Gasteiger charge is -2.23. The Hall–Kier alpha value is -0.680. The lowest BCUT2D eigenvalue weighted by atomic mass is 10.1. The van der Waals surface area contributed by atoms with Gasteiger partial charge in [0.05, 0.1) is 18.1 Å². The number of piperidine rings is 1. The van der Waals surface area contributed by atoms with Crippen LogP contribution in [0, 0.1) is 0 Å². The van der Waals surface area contributed by atoms with Crippen molar-refractivity contribution in [2.75, 3.05) is 19.7 Å². The Bertz CT molecular complexity index is 466. The summed E-state index contributed by atoms with van der Waals surface area (Å²) in [7, 11) is 0. The van der Waals surface area contributed by atoms with Crippen molar-refractivity contribution in [3.8, 4) is 5.75 Å². The average Bonchev–Trinajstić information content (AvgIpc) is 2.42. The first-order valence-corrected chi connectivity index (χ1v) is 7.48. The highest BCUT2D eigenvalue weighted by Crippen LogP contribution is 2.27. The minimum atomic E-state index is 0. The second-order valence-corrected chi connectivity index (χ2v) is 5.63. The van der Waals surface area contributed by atoms with Crippen molar-refractivity contribution in [1.29, 1.82) is 0 Å². The van der Waals surface area contributed by atoms with Gasteiger partial charge in [-0.25, -0.2) is 0 Å². The van der Waals surface area contributed by atoms with Crippen LogP contribution in [0.1, 0.15) is 19.3 Å². The third kappa shape index (κ3) is 6.30. The Morgan fingerprint density at radius 2 is 2.24 bits per heavy atom. The molecule has 1 aliphatic rings. The minimum absolute atomic E-state index is 0. The largest absolute Gasteiger partial charge is 0.491 e. The molecule has 0 aromatic heterocycles. The van der Waals surface area contributed by atoms with Gasteiger partial charge in [0.25, 0.3) is 0 Å². The number of halogens is 3. The Morgan fingerprint density at radius 1 is 1.43 bits per heavy atom. The summed E-state index contributed by atoms with van der Waals surface area (Å²) in [6.07, 6.45) is 2.44. The smallest absolute Gasteiger partial charge is 0.223 e. The fourth-order valence-corrected chi connectivity index (χ4v) is 2.58. The Kier molecular flexibility index (Phi) is 8.19. The molecule has 1 aromatic carbocycles. The van der Waals surface area contributed by atoms with E-state index in [1.807, 2.05) is 0 Å². The summed E-state index contributed by atoms with van der Waals surface area (Å²) in [5.41, 5.74) is 0. The Balaban J connectivity index is 0.00000220. The molecule has 1 amide bonds. The van der Waals surface area contributed by atoms with Crippen LogP contribution < -0.4 is 15.4 Å². The van der Waals surface area contributed by atoms with Crippen LogP contribution in [0.5, 0.6) is 5.75 Å². The summed E-state index contributed by atoms with van der Waals surface area (Å²) in [5, 5.41) is 7.27. The zero-order valence-electron chi connectivity index (χ0n) is 11.5. The van der Waals surface area contributed by atoms with Gasteiger partial charge in [-0.3, -0.25) is 4.79 Å². The molecule has 21 heavy (non-hydrogen) atoms. The standard InChI is InChI=1S/C14H18Cl2N2O2.ClH/c15-10-3-4-13(12(16)8-10)20-7-5-14(19)18-11-2-1-6-17-9-11;/h3-4,8,11,17H,1-2,5-7,9H2,(H,18,19);1H/t11-;/m0./s1. The number of carbonyl (C=O) groups excluding carboxylic acids is 1. The average molecular weight is 354 g/mol. The highest BCUT2D eigenvalue weighted by Gasteiger charge is 2.15. The van der Waals surface area contributed by atoms with Gasteiger partial charge in [0.2, 0.25) is 5.91 Å². The number of carbonyl (C=O) groups is 1. The van der Waals surface area contributed by atoms with Gasteiger partial charge in [0.15, 0.2) is 0 Å². The maximum absolute atomic E-state index is 11.8. The molecule has 0 saturated carbocycles. The van der Waals surface area contributed by atoms with E-state index in [4.69, 9.17) is 27.9 Å². The second-order valence-electron chi connectivity index (χ2n) is 4.78. The Morgan fingerprint density at radius 3 is 2.90 bits per heavy atom. The third-order valence-electron chi connectivity index (χ3n) is 3.14. The molecule has 118 valence electrons. The molecule has 1 aromatic rings. The van der Waals surface area contributed by atoms with Gasteiger partial charge in [-0.15, -0.1) is 12.4 Å². The van der Waals surface area contributed by atoms with E-state index in [0.29, 0.717) is 28.8 Å². The lowest BCUT2D eigenvalue weighted by Crippen LogP contribution is -2.45. The molecule has 0 aliphatic carbocycles. The summed E-state index contributed by atoms with van der Waals surface area (Å²) < 4.78 is 5.48. The fourth-order valence-electron chi connectivity index (χ4n) is 2.12. The molecule has 1 saturated heterocycles. The van der Waals surface area contributed by atoms with E-state index in [1.54, 1.807) is 18.2 Å². The number of ether oxygens (including phenoxy) is 1. The molecule has 4 nitrogen and oxygen atoms in total. The maximum Gasteiger partial charge on any atom is 0.223 e. The first kappa shape index (κ1) is 18.4. The number of hydrogen-bond acceptors (Lipinski definition) is 3. The van der Waals surface area contributed by atoms with Gasteiger partial charge in [-0.1, -0.05) is 23.2 Å². The van der Waals surface area contributed by atoms with Gasteiger partial charge < -0.3 is 15.4 Å². The number of hydrogen-bond donors (Lipinski definition) is 2. The first-order chi connectivity index (χ1) is 9.65. The van der Waals surface area contributed by atoms with Crippen LogP contribution in [0.25, 0.3) is 0 Å².